The molecule has 4 aromatic heterocycles. The second-order valence-electron chi connectivity index (χ2n) is 6.03. The van der Waals surface area contributed by atoms with E-state index in [0.29, 0.717) is 15.6 Å². The molecule has 10 nitrogen and oxygen atoms in total. The molecule has 0 saturated heterocycles. The fourth-order valence-electron chi connectivity index (χ4n) is 3.17. The highest BCUT2D eigenvalue weighted by molar-refractivity contribution is 9.10. The Hall–Kier alpha value is -3.21. The van der Waals surface area contributed by atoms with Gasteiger partial charge < -0.3 is 9.67 Å². The van der Waals surface area contributed by atoms with Gasteiger partial charge in [-0.3, -0.25) is 18.9 Å². The fourth-order valence-corrected chi connectivity index (χ4v) is 3.52. The average molecular weight is 433 g/mol. The Kier molecular flexibility index (Phi) is 3.77. The van der Waals surface area contributed by atoms with Gasteiger partial charge in [0.05, 0.1) is 17.8 Å². The molecule has 0 radical (unpaired) electrons. The second kappa shape index (κ2) is 5.91. The number of aromatic nitrogens is 6. The molecule has 0 fully saturated rings. The minimum absolute atomic E-state index is 0.203. The Labute approximate surface area is 159 Å². The highest BCUT2D eigenvalue weighted by atomic mass is 79.9. The smallest absolute Gasteiger partial charge is 0.416 e. The van der Waals surface area contributed by atoms with Crippen LogP contribution in [0.2, 0.25) is 0 Å². The lowest BCUT2D eigenvalue weighted by molar-refractivity contribution is 0.196. The van der Waals surface area contributed by atoms with Crippen LogP contribution < -0.4 is 11.2 Å². The molecule has 0 aliphatic heterocycles. The minimum atomic E-state index is -1.21. The van der Waals surface area contributed by atoms with Crippen molar-refractivity contribution in [3.63, 3.8) is 0 Å². The number of hydrogen-bond donors (Lipinski definition) is 1. The Morgan fingerprint density at radius 2 is 2.00 bits per heavy atom. The largest absolute Gasteiger partial charge is 0.464 e. The first-order chi connectivity index (χ1) is 12.8. The molecular weight excluding hydrogens is 420 g/mol. The molecule has 0 aliphatic rings. The van der Waals surface area contributed by atoms with Crippen LogP contribution in [-0.2, 0) is 20.6 Å². The number of carbonyl (C=O) groups is 1. The van der Waals surface area contributed by atoms with Crippen LogP contribution in [0, 0.1) is 0 Å². The van der Waals surface area contributed by atoms with Crippen molar-refractivity contribution in [3.8, 4) is 0 Å². The standard InChI is InChI=1S/C16H13BrN6O4/c1-20-11-12(19-14(20)17)21(2)15(25)22(13(11)24)7-9-5-8-6-18-4-3-10(8)23(9)16(26)27/h3-6H,7H2,1-2H3,(H,26,27). The van der Waals surface area contributed by atoms with E-state index in [-0.39, 0.29) is 23.4 Å². The van der Waals surface area contributed by atoms with Gasteiger partial charge in [-0.15, -0.1) is 0 Å². The summed E-state index contributed by atoms with van der Waals surface area (Å²) in [6.45, 7) is -0.203. The Morgan fingerprint density at radius 1 is 1.26 bits per heavy atom. The summed E-state index contributed by atoms with van der Waals surface area (Å²) in [5.74, 6) is 0. The molecule has 11 heteroatoms. The molecule has 4 aromatic rings. The van der Waals surface area contributed by atoms with Crippen molar-refractivity contribution in [3.05, 3.63) is 55.8 Å². The predicted molar refractivity (Wildman–Crippen MR) is 100 cm³/mol. The number of imidazole rings is 1. The number of halogens is 1. The Balaban J connectivity index is 2.01. The number of nitrogens with zero attached hydrogens (tertiary/aromatic N) is 6. The van der Waals surface area contributed by atoms with Crippen molar-refractivity contribution < 1.29 is 9.90 Å². The molecule has 27 heavy (non-hydrogen) atoms. The molecule has 0 aromatic carbocycles. The van der Waals surface area contributed by atoms with E-state index in [4.69, 9.17) is 0 Å². The molecule has 0 unspecified atom stereocenters. The van der Waals surface area contributed by atoms with Crippen molar-refractivity contribution in [2.24, 2.45) is 14.1 Å². The maximum absolute atomic E-state index is 12.9. The number of carboxylic acid groups (broad SMARTS) is 1. The van der Waals surface area contributed by atoms with E-state index >= 15 is 0 Å². The third-order valence-electron chi connectivity index (χ3n) is 4.49. The molecule has 0 saturated carbocycles. The summed E-state index contributed by atoms with van der Waals surface area (Å²) < 4.78 is 5.25. The molecule has 4 heterocycles. The molecule has 0 atom stereocenters. The zero-order valence-corrected chi connectivity index (χ0v) is 15.8. The third-order valence-corrected chi connectivity index (χ3v) is 5.20. The third kappa shape index (κ3) is 2.42. The number of fused-ring (bicyclic) bond motifs is 2. The van der Waals surface area contributed by atoms with Crippen molar-refractivity contribution in [1.29, 1.82) is 0 Å². The van der Waals surface area contributed by atoms with E-state index in [9.17, 15) is 19.5 Å². The molecule has 1 N–H and O–H groups in total. The van der Waals surface area contributed by atoms with E-state index < -0.39 is 17.3 Å². The maximum Gasteiger partial charge on any atom is 0.416 e. The van der Waals surface area contributed by atoms with Crippen LogP contribution >= 0.6 is 15.9 Å². The molecular formula is C16H13BrN6O4. The zero-order chi connectivity index (χ0) is 19.5. The fraction of sp³-hybridized carbons (Fsp3) is 0.188. The molecule has 138 valence electrons. The number of hydrogen-bond acceptors (Lipinski definition) is 5. The van der Waals surface area contributed by atoms with Crippen molar-refractivity contribution in [2.75, 3.05) is 0 Å². The van der Waals surface area contributed by atoms with E-state index in [2.05, 4.69) is 25.9 Å². The summed E-state index contributed by atoms with van der Waals surface area (Å²) in [4.78, 5) is 45.6. The van der Waals surface area contributed by atoms with E-state index in [0.717, 1.165) is 9.13 Å². The van der Waals surface area contributed by atoms with Crippen molar-refractivity contribution in [1.82, 2.24) is 28.2 Å². The van der Waals surface area contributed by atoms with E-state index in [1.54, 1.807) is 19.2 Å². The second-order valence-corrected chi connectivity index (χ2v) is 6.74. The van der Waals surface area contributed by atoms with Crippen LogP contribution in [0.1, 0.15) is 5.69 Å². The summed E-state index contributed by atoms with van der Waals surface area (Å²) >= 11 is 3.25. The van der Waals surface area contributed by atoms with E-state index in [1.165, 1.54) is 28.6 Å². The highest BCUT2D eigenvalue weighted by Crippen LogP contribution is 2.19. The van der Waals surface area contributed by atoms with Gasteiger partial charge in [0.1, 0.15) is 0 Å². The SMILES string of the molecule is Cn1c(Br)nc2c1c(=O)n(Cc1cc3cnccc3n1C(=O)O)c(=O)n2C. The highest BCUT2D eigenvalue weighted by Gasteiger charge is 2.20. The van der Waals surface area contributed by atoms with Gasteiger partial charge in [0.2, 0.25) is 0 Å². The number of rotatable bonds is 2. The van der Waals surface area contributed by atoms with Gasteiger partial charge in [-0.1, -0.05) is 0 Å². The van der Waals surface area contributed by atoms with Crippen LogP contribution in [0.25, 0.3) is 22.1 Å². The molecule has 0 aliphatic carbocycles. The van der Waals surface area contributed by atoms with Crippen LogP contribution in [0.4, 0.5) is 4.79 Å². The van der Waals surface area contributed by atoms with Gasteiger partial charge in [-0.25, -0.2) is 19.1 Å². The zero-order valence-electron chi connectivity index (χ0n) is 14.2. The monoisotopic (exact) mass is 432 g/mol. The van der Waals surface area contributed by atoms with Gasteiger partial charge in [-0.05, 0) is 28.1 Å². The first kappa shape index (κ1) is 17.2. The normalized spacial score (nSPS) is 11.5. The van der Waals surface area contributed by atoms with Crippen molar-refractivity contribution >= 4 is 44.1 Å². The maximum atomic E-state index is 12.9. The average Bonchev–Trinajstić information content (AvgIpc) is 3.14. The first-order valence-corrected chi connectivity index (χ1v) is 8.60. The van der Waals surface area contributed by atoms with Gasteiger partial charge in [0.25, 0.3) is 5.56 Å². The lowest BCUT2D eigenvalue weighted by Gasteiger charge is -2.10. The molecule has 0 spiro atoms. The summed E-state index contributed by atoms with van der Waals surface area (Å²) in [7, 11) is 3.16. The van der Waals surface area contributed by atoms with Crippen LogP contribution in [0.5, 0.6) is 0 Å². The number of pyridine rings is 1. The van der Waals surface area contributed by atoms with Gasteiger partial charge >= 0.3 is 11.8 Å². The van der Waals surface area contributed by atoms with Crippen molar-refractivity contribution in [2.45, 2.75) is 6.54 Å². The summed E-state index contributed by atoms with van der Waals surface area (Å²) in [6.07, 6.45) is 1.80. The van der Waals surface area contributed by atoms with Gasteiger partial charge in [0, 0.05) is 31.9 Å². The van der Waals surface area contributed by atoms with Crippen LogP contribution in [0.15, 0.2) is 38.8 Å². The summed E-state index contributed by atoms with van der Waals surface area (Å²) in [6, 6.07) is 3.17. The summed E-state index contributed by atoms with van der Waals surface area (Å²) in [5, 5.41) is 10.2. The quantitative estimate of drug-likeness (QED) is 0.474. The van der Waals surface area contributed by atoms with E-state index in [1.807, 2.05) is 0 Å². The lowest BCUT2D eigenvalue weighted by atomic mass is 10.3. The number of aryl methyl sites for hydroxylation is 2. The Bertz CT molecular complexity index is 1360. The Morgan fingerprint density at radius 3 is 2.70 bits per heavy atom. The molecule has 0 amide bonds. The molecule has 0 bridgehead atoms. The predicted octanol–water partition coefficient (Wildman–Crippen LogP) is 1.12. The van der Waals surface area contributed by atoms with Gasteiger partial charge in [-0.2, -0.15) is 0 Å². The van der Waals surface area contributed by atoms with Crippen LogP contribution in [-0.4, -0.2) is 39.4 Å². The van der Waals surface area contributed by atoms with Crippen LogP contribution in [0.3, 0.4) is 0 Å². The molecule has 4 rings (SSSR count). The minimum Gasteiger partial charge on any atom is -0.464 e. The van der Waals surface area contributed by atoms with Gasteiger partial charge in [0.15, 0.2) is 15.9 Å². The summed E-state index contributed by atoms with van der Waals surface area (Å²) in [5.41, 5.74) is 0.0711. The first-order valence-electron chi connectivity index (χ1n) is 7.80. The topological polar surface area (TPSA) is 117 Å². The lowest BCUT2D eigenvalue weighted by Crippen LogP contribution is -2.40.